The first kappa shape index (κ1) is 8.83. The Labute approximate surface area is 67.0 Å². The molecule has 1 heterocycles. The van der Waals surface area contributed by atoms with Crippen molar-refractivity contribution in [3.05, 3.63) is 31.0 Å². The molecule has 1 aromatic heterocycles. The van der Waals surface area contributed by atoms with E-state index in [-0.39, 0.29) is 5.88 Å². The quantitative estimate of drug-likeness (QED) is 0.476. The van der Waals surface area contributed by atoms with Crippen molar-refractivity contribution in [3.63, 3.8) is 0 Å². The van der Waals surface area contributed by atoms with Crippen LogP contribution >= 0.6 is 0 Å². The Bertz CT molecular complexity index is 254. The minimum Gasteiger partial charge on any atom is -0.707 e. The molecule has 1 aromatic rings. The molecule has 0 fully saturated rings. The summed E-state index contributed by atoms with van der Waals surface area (Å²) in [6.07, 6.45) is -3.61. The molecule has 12 heavy (non-hydrogen) atoms. The number of hydrogen-bond donors (Lipinski definition) is 0. The van der Waals surface area contributed by atoms with E-state index in [1.807, 2.05) is 0 Å². The second-order valence-corrected chi connectivity index (χ2v) is 2.06. The van der Waals surface area contributed by atoms with Gasteiger partial charge in [0.15, 0.2) is 0 Å². The number of rotatable bonds is 1. The Morgan fingerprint density at radius 1 is 1.33 bits per heavy atom. The molecule has 0 spiro atoms. The van der Waals surface area contributed by atoms with Crippen molar-refractivity contribution in [1.29, 1.82) is 0 Å². The van der Waals surface area contributed by atoms with Gasteiger partial charge in [-0.2, -0.15) is 18.2 Å². The molecule has 0 saturated carbocycles. The van der Waals surface area contributed by atoms with Crippen molar-refractivity contribution in [2.45, 2.75) is 6.18 Å². The summed E-state index contributed by atoms with van der Waals surface area (Å²) in [5.74, 6) is 0.183. The van der Waals surface area contributed by atoms with Crippen LogP contribution in [-0.2, 0) is 6.18 Å². The van der Waals surface area contributed by atoms with E-state index in [0.717, 1.165) is 18.3 Å². The maximum atomic E-state index is 11.9. The third-order valence-electron chi connectivity index (χ3n) is 1.24. The standard InChI is InChI=1S/C7H6F3NO/c1-12-6-3-2-5(4-11-6)7(8,9)10/h2-4,12H,1H2. The second kappa shape index (κ2) is 3.00. The third-order valence-corrected chi connectivity index (χ3v) is 1.24. The van der Waals surface area contributed by atoms with Gasteiger partial charge in [-0.25, -0.2) is 0 Å². The highest BCUT2D eigenvalue weighted by molar-refractivity contribution is 5.19. The minimum absolute atomic E-state index is 0.183. The van der Waals surface area contributed by atoms with Gasteiger partial charge in [0, 0.05) is 6.20 Å². The lowest BCUT2D eigenvalue weighted by molar-refractivity contribution is -0.137. The SMILES string of the molecule is [CH2-][OH+]c1ccc(C(F)(F)F)cn1. The fraction of sp³-hybridized carbons (Fsp3) is 0.143. The third kappa shape index (κ3) is 1.87. The number of alkyl halides is 3. The van der Waals surface area contributed by atoms with Crippen LogP contribution in [0.25, 0.3) is 0 Å². The first-order valence-corrected chi connectivity index (χ1v) is 3.04. The van der Waals surface area contributed by atoms with E-state index in [1.54, 1.807) is 0 Å². The Balaban J connectivity index is 2.93. The molecule has 0 aliphatic carbocycles. The molecule has 0 aliphatic heterocycles. The molecular formula is C7H6F3NO. The number of halogens is 3. The van der Waals surface area contributed by atoms with Gasteiger partial charge in [-0.3, -0.25) is 0 Å². The first-order chi connectivity index (χ1) is 5.54. The predicted octanol–water partition coefficient (Wildman–Crippen LogP) is 2.13. The van der Waals surface area contributed by atoms with E-state index in [1.165, 1.54) is 0 Å². The zero-order valence-electron chi connectivity index (χ0n) is 5.97. The van der Waals surface area contributed by atoms with E-state index < -0.39 is 11.7 Å². The molecule has 66 valence electrons. The highest BCUT2D eigenvalue weighted by Crippen LogP contribution is 2.29. The van der Waals surface area contributed by atoms with Crippen LogP contribution in [0.2, 0.25) is 0 Å². The van der Waals surface area contributed by atoms with Gasteiger partial charge in [-0.05, 0) is 13.2 Å². The Kier molecular flexibility index (Phi) is 2.21. The summed E-state index contributed by atoms with van der Waals surface area (Å²) in [7, 11) is 3.13. The topological polar surface area (TPSA) is 25.7 Å². The fourth-order valence-corrected chi connectivity index (χ4v) is 0.647. The van der Waals surface area contributed by atoms with Crippen LogP contribution < -0.4 is 0 Å². The minimum atomic E-state index is -4.34. The van der Waals surface area contributed by atoms with E-state index in [0.29, 0.717) is 0 Å². The van der Waals surface area contributed by atoms with Crippen LogP contribution in [0.15, 0.2) is 18.3 Å². The number of aromatic hydroxyl groups is 1. The monoisotopic (exact) mass is 177 g/mol. The Hall–Kier alpha value is -1.26. The Morgan fingerprint density at radius 3 is 2.33 bits per heavy atom. The molecule has 0 saturated heterocycles. The van der Waals surface area contributed by atoms with Crippen molar-refractivity contribution in [2.75, 3.05) is 0 Å². The van der Waals surface area contributed by atoms with E-state index >= 15 is 0 Å². The highest BCUT2D eigenvalue weighted by Gasteiger charge is 2.30. The molecule has 1 N–H and O–H groups in total. The first-order valence-electron chi connectivity index (χ1n) is 3.04. The molecule has 0 radical (unpaired) electrons. The normalized spacial score (nSPS) is 11.3. The fourth-order valence-electron chi connectivity index (χ4n) is 0.647. The summed E-state index contributed by atoms with van der Waals surface area (Å²) in [5.41, 5.74) is -0.782. The summed E-state index contributed by atoms with van der Waals surface area (Å²) in [5, 5.41) is 0. The van der Waals surface area contributed by atoms with Gasteiger partial charge < -0.3 is 4.74 Å². The zero-order chi connectivity index (χ0) is 9.19. The molecule has 0 bridgehead atoms. The summed E-state index contributed by atoms with van der Waals surface area (Å²) in [6, 6.07) is 2.08. The van der Waals surface area contributed by atoms with E-state index in [2.05, 4.69) is 16.8 Å². The van der Waals surface area contributed by atoms with Gasteiger partial charge in [0.05, 0.1) is 11.6 Å². The van der Waals surface area contributed by atoms with Crippen LogP contribution in [0.4, 0.5) is 13.2 Å². The molecular weight excluding hydrogens is 171 g/mol. The second-order valence-electron chi connectivity index (χ2n) is 2.06. The Morgan fingerprint density at radius 2 is 2.00 bits per heavy atom. The number of pyridine rings is 1. The van der Waals surface area contributed by atoms with Gasteiger partial charge in [0.1, 0.15) is 0 Å². The summed E-state index contributed by atoms with van der Waals surface area (Å²) < 4.78 is 39.2. The summed E-state index contributed by atoms with van der Waals surface area (Å²) in [6.45, 7) is 0. The molecule has 0 aromatic carbocycles. The average Bonchev–Trinajstić information content (AvgIpc) is 2.03. The van der Waals surface area contributed by atoms with Crippen molar-refractivity contribution in [1.82, 2.24) is 4.98 Å². The lowest BCUT2D eigenvalue weighted by atomic mass is 10.3. The van der Waals surface area contributed by atoms with E-state index in [9.17, 15) is 13.2 Å². The van der Waals surface area contributed by atoms with Crippen molar-refractivity contribution in [3.8, 4) is 5.88 Å². The number of aromatic nitrogens is 1. The molecule has 5 heteroatoms. The molecule has 0 atom stereocenters. The van der Waals surface area contributed by atoms with Crippen LogP contribution in [0.3, 0.4) is 0 Å². The van der Waals surface area contributed by atoms with E-state index in [4.69, 9.17) is 0 Å². The molecule has 0 amide bonds. The number of aliphatic hydroxyl groups is 1. The van der Waals surface area contributed by atoms with Crippen molar-refractivity contribution < 1.29 is 17.9 Å². The molecule has 0 aliphatic rings. The number of hydrogen-bond acceptors (Lipinski definition) is 1. The van der Waals surface area contributed by atoms with Gasteiger partial charge in [-0.15, -0.1) is 0 Å². The van der Waals surface area contributed by atoms with Crippen LogP contribution in [0, 0.1) is 7.11 Å². The van der Waals surface area contributed by atoms with Gasteiger partial charge in [0.2, 0.25) is 0 Å². The lowest BCUT2D eigenvalue weighted by Gasteiger charge is -2.06. The predicted molar refractivity (Wildman–Crippen MR) is 36.3 cm³/mol. The molecule has 1 rings (SSSR count). The van der Waals surface area contributed by atoms with Crippen LogP contribution in [0.1, 0.15) is 5.56 Å². The van der Waals surface area contributed by atoms with Gasteiger partial charge in [-0.1, -0.05) is 0 Å². The summed E-state index contributed by atoms with van der Waals surface area (Å²) >= 11 is 0. The smallest absolute Gasteiger partial charge is 0.417 e. The molecule has 2 nitrogen and oxygen atoms in total. The lowest BCUT2D eigenvalue weighted by Crippen LogP contribution is -2.04. The van der Waals surface area contributed by atoms with Crippen LogP contribution in [0.5, 0.6) is 5.88 Å². The maximum Gasteiger partial charge on any atom is 0.417 e. The van der Waals surface area contributed by atoms with Crippen LogP contribution in [-0.4, -0.2) is 9.72 Å². The number of ether oxygens (including phenoxy) is 1. The number of nitrogens with zero attached hydrogens (tertiary/aromatic N) is 1. The van der Waals surface area contributed by atoms with Crippen molar-refractivity contribution >= 4 is 0 Å². The van der Waals surface area contributed by atoms with Crippen molar-refractivity contribution in [2.24, 2.45) is 0 Å². The van der Waals surface area contributed by atoms with Gasteiger partial charge >= 0.3 is 12.1 Å². The molecule has 0 unspecified atom stereocenters. The average molecular weight is 177 g/mol. The van der Waals surface area contributed by atoms with Gasteiger partial charge in [0.25, 0.3) is 0 Å². The summed E-state index contributed by atoms with van der Waals surface area (Å²) in [4.78, 5) is 3.41. The largest absolute Gasteiger partial charge is 0.707 e. The maximum absolute atomic E-state index is 11.9. The highest BCUT2D eigenvalue weighted by atomic mass is 19.4. The zero-order valence-corrected chi connectivity index (χ0v) is 5.97.